The van der Waals surface area contributed by atoms with Gasteiger partial charge in [0.1, 0.15) is 4.32 Å². The van der Waals surface area contributed by atoms with E-state index < -0.39 is 0 Å². The molecule has 2 rings (SSSR count). The van der Waals surface area contributed by atoms with Crippen LogP contribution in [-0.4, -0.2) is 31.8 Å². The van der Waals surface area contributed by atoms with Crippen molar-refractivity contribution in [3.8, 4) is 5.88 Å². The second-order valence-electron chi connectivity index (χ2n) is 3.74. The zero-order valence-electron chi connectivity index (χ0n) is 10.1. The lowest BCUT2D eigenvalue weighted by atomic mass is 10.4. The van der Waals surface area contributed by atoms with Crippen molar-refractivity contribution in [2.45, 2.75) is 0 Å². The average molecular weight is 330 g/mol. The van der Waals surface area contributed by atoms with E-state index in [2.05, 4.69) is 0 Å². The number of carbonyl (C=O) groups excluding carboxylic acids is 1. The summed E-state index contributed by atoms with van der Waals surface area (Å²) in [4.78, 5) is 14.4. The number of aromatic nitrogens is 1. The number of rotatable bonds is 2. The second kappa shape index (κ2) is 5.58. The van der Waals surface area contributed by atoms with Crippen molar-refractivity contribution in [3.05, 3.63) is 25.9 Å². The summed E-state index contributed by atoms with van der Waals surface area (Å²) >= 11 is 12.7. The molecule has 2 heterocycles. The fraction of sp³-hybridized carbons (Fsp3) is 0.182. The van der Waals surface area contributed by atoms with Crippen LogP contribution in [0.3, 0.4) is 0 Å². The summed E-state index contributed by atoms with van der Waals surface area (Å²) in [7, 11) is 3.35. The summed E-state index contributed by atoms with van der Waals surface area (Å²) in [6.45, 7) is 0. The minimum atomic E-state index is -0.107. The number of allylic oxidation sites excluding steroid dienone is 2. The predicted octanol–water partition coefficient (Wildman–Crippen LogP) is 2.91. The number of thioether (sulfide) groups is 1. The number of likely N-dealkylation sites (N-methyl/N-ethyl adjacent to an activating group) is 1. The van der Waals surface area contributed by atoms with Gasteiger partial charge in [0.05, 0.1) is 9.78 Å². The highest BCUT2D eigenvalue weighted by molar-refractivity contribution is 8.26. The molecule has 1 aliphatic heterocycles. The molecular weight excluding hydrogens is 320 g/mol. The maximum Gasteiger partial charge on any atom is 0.265 e. The summed E-state index contributed by atoms with van der Waals surface area (Å²) < 4.78 is 2.67. The van der Waals surface area contributed by atoms with Crippen LogP contribution in [0, 0.1) is 3.95 Å². The van der Waals surface area contributed by atoms with Crippen LogP contribution in [0.1, 0.15) is 4.88 Å². The Bertz CT molecular complexity index is 669. The smallest absolute Gasteiger partial charge is 0.265 e. The summed E-state index contributed by atoms with van der Waals surface area (Å²) in [5.41, 5.74) is 0. The lowest BCUT2D eigenvalue weighted by molar-refractivity contribution is -0.121. The van der Waals surface area contributed by atoms with Crippen molar-refractivity contribution in [1.82, 2.24) is 9.47 Å². The Kier molecular flexibility index (Phi) is 4.24. The number of carbonyl (C=O) groups is 1. The molecule has 0 spiro atoms. The fourth-order valence-corrected chi connectivity index (χ4v) is 3.62. The summed E-state index contributed by atoms with van der Waals surface area (Å²) in [6, 6.07) is 0. The van der Waals surface area contributed by atoms with E-state index in [1.54, 1.807) is 32.3 Å². The van der Waals surface area contributed by atoms with Gasteiger partial charge in [0.15, 0.2) is 3.95 Å². The molecule has 100 valence electrons. The average Bonchev–Trinajstić information content (AvgIpc) is 2.76. The number of hydrogen-bond acceptors (Lipinski definition) is 6. The summed E-state index contributed by atoms with van der Waals surface area (Å²) in [5.74, 6) is 0.0206. The largest absolute Gasteiger partial charge is 0.493 e. The maximum atomic E-state index is 11.7. The predicted molar refractivity (Wildman–Crippen MR) is 85.9 cm³/mol. The molecule has 1 amide bonds. The standard InChI is InChI=1S/C11H10N2O2S4/c1-12-8(14)6(18-10(12)16)4-3-5-7-9(15)13(2)11(17)19-7/h3-5,14H,1-2H3/b4-3?,7-5+. The minimum absolute atomic E-state index is 0.107. The number of nitrogens with zero attached hydrogens (tertiary/aromatic N) is 2. The topological polar surface area (TPSA) is 45.5 Å². The molecule has 0 radical (unpaired) electrons. The normalized spacial score (nSPS) is 18.2. The van der Waals surface area contributed by atoms with E-state index in [1.165, 1.54) is 32.6 Å². The van der Waals surface area contributed by atoms with E-state index in [1.807, 2.05) is 0 Å². The number of thiocarbonyl (C=S) groups is 1. The Morgan fingerprint density at radius 1 is 1.32 bits per heavy atom. The van der Waals surface area contributed by atoms with Gasteiger partial charge in [-0.2, -0.15) is 0 Å². The number of thiazole rings is 1. The Morgan fingerprint density at radius 2 is 2.00 bits per heavy atom. The SMILES string of the molecule is CN1C(=O)/C(=C\C=Cc2sc(=S)n(C)c2O)SC1=S. The zero-order valence-corrected chi connectivity index (χ0v) is 13.4. The van der Waals surface area contributed by atoms with Gasteiger partial charge >= 0.3 is 0 Å². The highest BCUT2D eigenvalue weighted by Crippen LogP contribution is 2.30. The third-order valence-electron chi connectivity index (χ3n) is 2.49. The van der Waals surface area contributed by atoms with Gasteiger partial charge in [-0.05, 0) is 24.4 Å². The third kappa shape index (κ3) is 2.81. The quantitative estimate of drug-likeness (QED) is 0.667. The van der Waals surface area contributed by atoms with Gasteiger partial charge in [0.2, 0.25) is 5.88 Å². The molecule has 1 aliphatic rings. The lowest BCUT2D eigenvalue weighted by Gasteiger charge is -2.03. The molecule has 0 bridgehead atoms. The van der Waals surface area contributed by atoms with Gasteiger partial charge in [-0.3, -0.25) is 14.3 Å². The van der Waals surface area contributed by atoms with Crippen LogP contribution in [0.4, 0.5) is 0 Å². The van der Waals surface area contributed by atoms with Gasteiger partial charge in [0.25, 0.3) is 5.91 Å². The molecular formula is C11H10N2O2S4. The Hall–Kier alpha value is -0.960. The van der Waals surface area contributed by atoms with Crippen molar-refractivity contribution in [3.63, 3.8) is 0 Å². The molecule has 0 aromatic carbocycles. The van der Waals surface area contributed by atoms with Crippen LogP contribution in [-0.2, 0) is 11.8 Å². The van der Waals surface area contributed by atoms with Gasteiger partial charge in [-0.1, -0.05) is 30.1 Å². The second-order valence-corrected chi connectivity index (χ2v) is 7.09. The van der Waals surface area contributed by atoms with E-state index >= 15 is 0 Å². The van der Waals surface area contributed by atoms with Crippen molar-refractivity contribution >= 4 is 63.8 Å². The fourth-order valence-electron chi connectivity index (χ4n) is 1.35. The van der Waals surface area contributed by atoms with Gasteiger partial charge in [-0.15, -0.1) is 11.3 Å². The molecule has 1 saturated heterocycles. The van der Waals surface area contributed by atoms with Crippen LogP contribution < -0.4 is 0 Å². The number of amides is 1. The van der Waals surface area contributed by atoms with Crippen LogP contribution in [0.5, 0.6) is 5.88 Å². The third-order valence-corrected chi connectivity index (χ3v) is 5.50. The highest BCUT2D eigenvalue weighted by atomic mass is 32.2. The van der Waals surface area contributed by atoms with Gasteiger partial charge in [-0.25, -0.2) is 0 Å². The highest BCUT2D eigenvalue weighted by Gasteiger charge is 2.27. The van der Waals surface area contributed by atoms with Gasteiger partial charge < -0.3 is 5.11 Å². The monoisotopic (exact) mass is 330 g/mol. The van der Waals surface area contributed by atoms with Crippen LogP contribution in [0.2, 0.25) is 0 Å². The molecule has 1 aromatic heterocycles. The Morgan fingerprint density at radius 3 is 2.47 bits per heavy atom. The van der Waals surface area contributed by atoms with Crippen molar-refractivity contribution < 1.29 is 9.90 Å². The first-order valence-electron chi connectivity index (χ1n) is 5.19. The van der Waals surface area contributed by atoms with E-state index in [9.17, 15) is 9.90 Å². The van der Waals surface area contributed by atoms with E-state index in [0.717, 1.165) is 0 Å². The van der Waals surface area contributed by atoms with E-state index in [4.69, 9.17) is 24.4 Å². The van der Waals surface area contributed by atoms with Gasteiger partial charge in [0, 0.05) is 14.1 Å². The maximum absolute atomic E-state index is 11.7. The first kappa shape index (κ1) is 14.4. The molecule has 0 aliphatic carbocycles. The molecule has 0 saturated carbocycles. The molecule has 0 unspecified atom stereocenters. The van der Waals surface area contributed by atoms with Crippen molar-refractivity contribution in [1.29, 1.82) is 0 Å². The molecule has 1 fully saturated rings. The minimum Gasteiger partial charge on any atom is -0.493 e. The molecule has 19 heavy (non-hydrogen) atoms. The van der Waals surface area contributed by atoms with E-state index in [-0.39, 0.29) is 11.8 Å². The van der Waals surface area contributed by atoms with Crippen LogP contribution >= 0.6 is 47.5 Å². The first-order valence-corrected chi connectivity index (χ1v) is 7.63. The molecule has 1 aromatic rings. The molecule has 1 N–H and O–H groups in total. The van der Waals surface area contributed by atoms with Crippen LogP contribution in [0.15, 0.2) is 17.1 Å². The van der Waals surface area contributed by atoms with Crippen molar-refractivity contribution in [2.24, 2.45) is 7.05 Å². The number of hydrogen-bond donors (Lipinski definition) is 1. The molecule has 0 atom stereocenters. The Labute approximate surface area is 129 Å². The van der Waals surface area contributed by atoms with E-state index in [0.29, 0.717) is 18.1 Å². The number of aromatic hydroxyl groups is 1. The molecule has 8 heteroatoms. The lowest BCUT2D eigenvalue weighted by Crippen LogP contribution is -2.22. The summed E-state index contributed by atoms with van der Waals surface area (Å²) in [5, 5.41) is 9.78. The summed E-state index contributed by atoms with van der Waals surface area (Å²) in [6.07, 6.45) is 5.12. The van der Waals surface area contributed by atoms with Crippen molar-refractivity contribution in [2.75, 3.05) is 7.05 Å². The van der Waals surface area contributed by atoms with Crippen LogP contribution in [0.25, 0.3) is 6.08 Å². The first-order chi connectivity index (χ1) is 8.91. The molecule has 4 nitrogen and oxygen atoms in total. The Balaban J connectivity index is 2.21. The zero-order chi connectivity index (χ0) is 14.2.